The molecule has 0 aromatic carbocycles. The lowest BCUT2D eigenvalue weighted by atomic mass is 10.2. The van der Waals surface area contributed by atoms with Crippen molar-refractivity contribution in [1.82, 2.24) is 24.7 Å². The van der Waals surface area contributed by atoms with Gasteiger partial charge in [0.1, 0.15) is 6.04 Å². The predicted molar refractivity (Wildman–Crippen MR) is 102 cm³/mol. The highest BCUT2D eigenvalue weighted by atomic mass is 127. The smallest absolute Gasteiger partial charge is 0.357 e. The average Bonchev–Trinajstić information content (AvgIpc) is 3.06. The summed E-state index contributed by atoms with van der Waals surface area (Å²) < 4.78 is 40.4. The zero-order chi connectivity index (χ0) is 17.6. The largest absolute Gasteiger partial charge is 0.403 e. The second-order valence-corrected chi connectivity index (χ2v) is 5.78. The predicted octanol–water partition coefficient (Wildman–Crippen LogP) is 2.03. The van der Waals surface area contributed by atoms with Crippen molar-refractivity contribution >= 4 is 29.9 Å². The molecule has 1 aromatic rings. The lowest BCUT2D eigenvalue weighted by molar-refractivity contribution is -0.181. The summed E-state index contributed by atoms with van der Waals surface area (Å²) in [4.78, 5) is 12.1. The quantitative estimate of drug-likeness (QED) is 0.403. The number of nitrogens with one attached hydrogen (secondary N) is 1. The summed E-state index contributed by atoms with van der Waals surface area (Å²) in [6.45, 7) is 7.09. The molecule has 10 heteroatoms. The molecule has 0 aliphatic carbocycles. The normalized spacial score (nSPS) is 18.0. The zero-order valence-electron chi connectivity index (χ0n) is 14.5. The van der Waals surface area contributed by atoms with Gasteiger partial charge in [0.25, 0.3) is 0 Å². The molecule has 0 radical (unpaired) electrons. The van der Waals surface area contributed by atoms with Gasteiger partial charge in [-0.1, -0.05) is 0 Å². The Morgan fingerprint density at radius 2 is 1.96 bits per heavy atom. The standard InChI is InChI=1S/C15H25F3N6.HI/c1-3-20-14(21-5-7-22-6-4-19-12-22)24-10-8-23(9-11-24)13(2)15(16,17)18;/h4,6,12-13H,3,5,7-11H2,1-2H3,(H,20,21);1H. The molecule has 0 bridgehead atoms. The number of hydrogen-bond acceptors (Lipinski definition) is 3. The molecule has 2 heterocycles. The maximum absolute atomic E-state index is 12.8. The van der Waals surface area contributed by atoms with Gasteiger partial charge in [-0.2, -0.15) is 13.2 Å². The topological polar surface area (TPSA) is 48.7 Å². The number of alkyl halides is 3. The summed E-state index contributed by atoms with van der Waals surface area (Å²) in [6, 6.07) is -1.40. The molecule has 6 nitrogen and oxygen atoms in total. The van der Waals surface area contributed by atoms with E-state index in [4.69, 9.17) is 0 Å². The summed E-state index contributed by atoms with van der Waals surface area (Å²) in [6.07, 6.45) is 1.15. The van der Waals surface area contributed by atoms with Crippen LogP contribution >= 0.6 is 24.0 Å². The summed E-state index contributed by atoms with van der Waals surface area (Å²) in [5.74, 6) is 0.761. The number of aliphatic imine (C=N–C) groups is 1. The Morgan fingerprint density at radius 3 is 2.48 bits per heavy atom. The molecule has 144 valence electrons. The van der Waals surface area contributed by atoms with Gasteiger partial charge in [-0.05, 0) is 13.8 Å². The number of piperazine rings is 1. The summed E-state index contributed by atoms with van der Waals surface area (Å²) in [5.41, 5.74) is 0. The third-order valence-corrected chi connectivity index (χ3v) is 4.15. The van der Waals surface area contributed by atoms with Crippen LogP contribution in [0, 0.1) is 0 Å². The Morgan fingerprint density at radius 1 is 1.28 bits per heavy atom. The maximum Gasteiger partial charge on any atom is 0.403 e. The molecule has 1 aromatic heterocycles. The van der Waals surface area contributed by atoms with Crippen LogP contribution in [0.1, 0.15) is 13.8 Å². The number of halogens is 4. The van der Waals surface area contributed by atoms with E-state index in [9.17, 15) is 13.2 Å². The van der Waals surface area contributed by atoms with Gasteiger partial charge in [0, 0.05) is 51.7 Å². The molecule has 1 aliphatic rings. The van der Waals surface area contributed by atoms with E-state index < -0.39 is 12.2 Å². The molecule has 1 aliphatic heterocycles. The Labute approximate surface area is 163 Å². The molecule has 1 saturated heterocycles. The van der Waals surface area contributed by atoms with Gasteiger partial charge in [0.15, 0.2) is 5.96 Å². The number of nitrogens with zero attached hydrogens (tertiary/aromatic N) is 5. The van der Waals surface area contributed by atoms with Crippen LogP contribution in [0.4, 0.5) is 13.2 Å². The summed E-state index contributed by atoms with van der Waals surface area (Å²) in [7, 11) is 0. The molecule has 0 amide bonds. The summed E-state index contributed by atoms with van der Waals surface area (Å²) in [5, 5.41) is 3.22. The third kappa shape index (κ3) is 6.65. The van der Waals surface area contributed by atoms with Gasteiger partial charge in [-0.3, -0.25) is 9.89 Å². The van der Waals surface area contributed by atoms with Gasteiger partial charge < -0.3 is 14.8 Å². The van der Waals surface area contributed by atoms with E-state index in [2.05, 4.69) is 15.3 Å². The molecular formula is C15H26F3IN6. The van der Waals surface area contributed by atoms with E-state index >= 15 is 0 Å². The minimum atomic E-state index is -4.18. The first-order valence-electron chi connectivity index (χ1n) is 8.21. The number of imidazole rings is 1. The fraction of sp³-hybridized carbons (Fsp3) is 0.733. The SMILES string of the molecule is CCNC(=NCCn1ccnc1)N1CCN(C(C)C(F)(F)F)CC1.I. The molecule has 1 fully saturated rings. The lowest BCUT2D eigenvalue weighted by Crippen LogP contribution is -2.56. The minimum Gasteiger partial charge on any atom is -0.357 e. The first kappa shape index (κ1) is 22.0. The highest BCUT2D eigenvalue weighted by Crippen LogP contribution is 2.25. The van der Waals surface area contributed by atoms with Gasteiger partial charge >= 0.3 is 6.18 Å². The van der Waals surface area contributed by atoms with Crippen LogP contribution in [0.15, 0.2) is 23.7 Å². The molecule has 1 atom stereocenters. The minimum absolute atomic E-state index is 0. The molecule has 2 rings (SSSR count). The Kier molecular flexibility index (Phi) is 8.97. The van der Waals surface area contributed by atoms with Crippen LogP contribution in [-0.2, 0) is 6.54 Å². The van der Waals surface area contributed by atoms with Crippen molar-refractivity contribution in [2.45, 2.75) is 32.6 Å². The van der Waals surface area contributed by atoms with Gasteiger partial charge in [0.05, 0.1) is 12.9 Å². The van der Waals surface area contributed by atoms with E-state index in [1.54, 1.807) is 12.5 Å². The highest BCUT2D eigenvalue weighted by molar-refractivity contribution is 14.0. The van der Waals surface area contributed by atoms with Crippen LogP contribution < -0.4 is 5.32 Å². The van der Waals surface area contributed by atoms with Crippen molar-refractivity contribution in [3.8, 4) is 0 Å². The number of guanidine groups is 1. The van der Waals surface area contributed by atoms with Crippen molar-refractivity contribution < 1.29 is 13.2 Å². The van der Waals surface area contributed by atoms with Gasteiger partial charge in [0.2, 0.25) is 0 Å². The van der Waals surface area contributed by atoms with Crippen molar-refractivity contribution in [2.75, 3.05) is 39.3 Å². The number of hydrogen-bond donors (Lipinski definition) is 1. The molecule has 0 saturated carbocycles. The van der Waals surface area contributed by atoms with Crippen LogP contribution in [-0.4, -0.2) is 76.8 Å². The van der Waals surface area contributed by atoms with Crippen molar-refractivity contribution in [1.29, 1.82) is 0 Å². The first-order chi connectivity index (χ1) is 11.4. The second kappa shape index (κ2) is 10.2. The maximum atomic E-state index is 12.8. The molecule has 1 unspecified atom stereocenters. The Hall–Kier alpha value is -1.04. The number of aromatic nitrogens is 2. The van der Waals surface area contributed by atoms with Crippen molar-refractivity contribution in [3.05, 3.63) is 18.7 Å². The van der Waals surface area contributed by atoms with Crippen LogP contribution in [0.5, 0.6) is 0 Å². The molecular weight excluding hydrogens is 448 g/mol. The summed E-state index contributed by atoms with van der Waals surface area (Å²) >= 11 is 0. The number of rotatable bonds is 5. The van der Waals surface area contributed by atoms with Crippen LogP contribution in [0.3, 0.4) is 0 Å². The van der Waals surface area contributed by atoms with E-state index in [0.29, 0.717) is 32.7 Å². The van der Waals surface area contributed by atoms with Crippen LogP contribution in [0.25, 0.3) is 0 Å². The van der Waals surface area contributed by atoms with E-state index in [1.165, 1.54) is 11.8 Å². The lowest BCUT2D eigenvalue weighted by Gasteiger charge is -2.39. The van der Waals surface area contributed by atoms with Crippen LogP contribution in [0.2, 0.25) is 0 Å². The first-order valence-corrected chi connectivity index (χ1v) is 8.21. The molecule has 1 N–H and O–H groups in total. The fourth-order valence-corrected chi connectivity index (χ4v) is 2.64. The van der Waals surface area contributed by atoms with E-state index in [1.807, 2.05) is 22.6 Å². The van der Waals surface area contributed by atoms with E-state index in [0.717, 1.165) is 19.0 Å². The van der Waals surface area contributed by atoms with Gasteiger partial charge in [-0.25, -0.2) is 4.98 Å². The van der Waals surface area contributed by atoms with Crippen molar-refractivity contribution in [2.24, 2.45) is 4.99 Å². The highest BCUT2D eigenvalue weighted by Gasteiger charge is 2.41. The zero-order valence-corrected chi connectivity index (χ0v) is 16.9. The third-order valence-electron chi connectivity index (χ3n) is 4.15. The van der Waals surface area contributed by atoms with Crippen molar-refractivity contribution in [3.63, 3.8) is 0 Å². The van der Waals surface area contributed by atoms with E-state index in [-0.39, 0.29) is 24.0 Å². The Bertz CT molecular complexity index is 512. The fourth-order valence-electron chi connectivity index (χ4n) is 2.64. The molecule has 25 heavy (non-hydrogen) atoms. The Balaban J connectivity index is 0.00000312. The monoisotopic (exact) mass is 474 g/mol. The van der Waals surface area contributed by atoms with Gasteiger partial charge in [-0.15, -0.1) is 24.0 Å². The average molecular weight is 474 g/mol. The second-order valence-electron chi connectivity index (χ2n) is 5.78. The molecule has 0 spiro atoms.